The van der Waals surface area contributed by atoms with Crippen LogP contribution < -0.4 is 5.32 Å². The molecular weight excluding hydrogens is 317 g/mol. The van der Waals surface area contributed by atoms with Gasteiger partial charge in [0.05, 0.1) is 0 Å². The van der Waals surface area contributed by atoms with Crippen molar-refractivity contribution < 1.29 is 4.39 Å². The second-order valence-electron chi connectivity index (χ2n) is 5.07. The lowest BCUT2D eigenvalue weighted by Crippen LogP contribution is -2.23. The summed E-state index contributed by atoms with van der Waals surface area (Å²) in [6.45, 7) is 6.78. The molecule has 0 heterocycles. The first-order chi connectivity index (χ1) is 9.70. The van der Waals surface area contributed by atoms with Crippen molar-refractivity contribution in [1.29, 1.82) is 0 Å². The van der Waals surface area contributed by atoms with Crippen molar-refractivity contribution in [1.82, 2.24) is 5.32 Å². The van der Waals surface area contributed by atoms with Gasteiger partial charge in [-0.05, 0) is 44.4 Å². The number of hydrogen-bond donors (Lipinski definition) is 1. The van der Waals surface area contributed by atoms with Crippen LogP contribution in [-0.2, 0) is 0 Å². The van der Waals surface area contributed by atoms with Crippen molar-refractivity contribution in [3.63, 3.8) is 0 Å². The molecule has 112 valence electrons. The lowest BCUT2D eigenvalue weighted by atomic mass is 9.99. The third-order valence-electron chi connectivity index (χ3n) is 3.39. The average Bonchev–Trinajstić information content (AvgIpc) is 2.43. The molecule has 20 heavy (non-hydrogen) atoms. The molecule has 0 amide bonds. The van der Waals surface area contributed by atoms with Crippen LogP contribution in [0.4, 0.5) is 4.39 Å². The van der Waals surface area contributed by atoms with Crippen LogP contribution in [0.5, 0.6) is 0 Å². The molecule has 1 rings (SSSR count). The van der Waals surface area contributed by atoms with E-state index in [9.17, 15) is 4.39 Å². The minimum absolute atomic E-state index is 0.0919. The normalized spacial score (nSPS) is 12.3. The fourth-order valence-electron chi connectivity index (χ4n) is 2.32. The highest BCUT2D eigenvalue weighted by atomic mass is 79.9. The minimum Gasteiger partial charge on any atom is -0.310 e. The molecule has 0 aromatic heterocycles. The zero-order valence-electron chi connectivity index (χ0n) is 12.3. The van der Waals surface area contributed by atoms with Gasteiger partial charge in [0, 0.05) is 16.1 Å². The highest BCUT2D eigenvalue weighted by Gasteiger charge is 2.17. The molecule has 0 fully saturated rings. The lowest BCUT2D eigenvalue weighted by Gasteiger charge is -2.21. The zero-order chi connectivity index (χ0) is 14.8. The molecule has 0 aliphatic carbocycles. The minimum atomic E-state index is -0.126. The number of halogens is 2. The third kappa shape index (κ3) is 5.76. The summed E-state index contributed by atoms with van der Waals surface area (Å²) in [4.78, 5) is 0. The lowest BCUT2D eigenvalue weighted by molar-refractivity contribution is 0.451. The van der Waals surface area contributed by atoms with Crippen molar-refractivity contribution in [2.75, 3.05) is 6.54 Å². The van der Waals surface area contributed by atoms with E-state index in [-0.39, 0.29) is 11.9 Å². The van der Waals surface area contributed by atoms with E-state index < -0.39 is 0 Å². The van der Waals surface area contributed by atoms with Crippen molar-refractivity contribution in [2.45, 2.75) is 51.5 Å². The van der Waals surface area contributed by atoms with E-state index in [0.717, 1.165) is 42.3 Å². The van der Waals surface area contributed by atoms with Gasteiger partial charge in [-0.15, -0.1) is 6.58 Å². The van der Waals surface area contributed by atoms with Crippen LogP contribution in [0.15, 0.2) is 35.3 Å². The van der Waals surface area contributed by atoms with Crippen molar-refractivity contribution in [2.24, 2.45) is 0 Å². The molecule has 0 aliphatic heterocycles. The number of rotatable bonds is 10. The molecule has 0 bridgehead atoms. The number of allylic oxidation sites excluding steroid dienone is 1. The van der Waals surface area contributed by atoms with E-state index in [1.165, 1.54) is 12.8 Å². The van der Waals surface area contributed by atoms with Crippen molar-refractivity contribution >= 4 is 15.9 Å². The Kier molecular flexibility index (Phi) is 8.79. The molecule has 1 N–H and O–H groups in total. The van der Waals surface area contributed by atoms with Gasteiger partial charge < -0.3 is 5.32 Å². The van der Waals surface area contributed by atoms with Gasteiger partial charge in [-0.2, -0.15) is 0 Å². The van der Waals surface area contributed by atoms with Crippen LogP contribution in [-0.4, -0.2) is 6.54 Å². The highest BCUT2D eigenvalue weighted by Crippen LogP contribution is 2.29. The topological polar surface area (TPSA) is 12.0 Å². The summed E-state index contributed by atoms with van der Waals surface area (Å²) in [5, 5.41) is 3.47. The van der Waals surface area contributed by atoms with E-state index in [4.69, 9.17) is 0 Å². The molecule has 0 radical (unpaired) electrons. The SMILES string of the molecule is C=CCCCCCC(NCCC)c1c(F)cccc1Br. The Balaban J connectivity index is 2.65. The highest BCUT2D eigenvalue weighted by molar-refractivity contribution is 9.10. The van der Waals surface area contributed by atoms with Gasteiger partial charge in [-0.1, -0.05) is 47.8 Å². The maximum absolute atomic E-state index is 14.1. The van der Waals surface area contributed by atoms with Gasteiger partial charge in [0.15, 0.2) is 0 Å². The molecular formula is C17H25BrFN. The maximum Gasteiger partial charge on any atom is 0.129 e. The van der Waals surface area contributed by atoms with Crippen molar-refractivity contribution in [3.05, 3.63) is 46.7 Å². The van der Waals surface area contributed by atoms with Gasteiger partial charge in [-0.25, -0.2) is 4.39 Å². The smallest absolute Gasteiger partial charge is 0.129 e. The summed E-state index contributed by atoms with van der Waals surface area (Å²) in [7, 11) is 0. The fourth-order valence-corrected chi connectivity index (χ4v) is 2.94. The standard InChI is InChI=1S/C17H25BrFN/c1-3-5-6-7-8-12-16(20-13-4-2)17-14(18)10-9-11-15(17)19/h3,9-11,16,20H,1,4-8,12-13H2,2H3. The summed E-state index contributed by atoms with van der Waals surface area (Å²) in [6.07, 6.45) is 8.49. The van der Waals surface area contributed by atoms with E-state index in [1.54, 1.807) is 12.1 Å². The summed E-state index contributed by atoms with van der Waals surface area (Å²) in [6, 6.07) is 5.29. The summed E-state index contributed by atoms with van der Waals surface area (Å²) in [5.41, 5.74) is 0.768. The Morgan fingerprint density at radius 2 is 2.15 bits per heavy atom. The molecule has 0 spiro atoms. The largest absolute Gasteiger partial charge is 0.310 e. The van der Waals surface area contributed by atoms with Crippen LogP contribution >= 0.6 is 15.9 Å². The van der Waals surface area contributed by atoms with Gasteiger partial charge in [0.2, 0.25) is 0 Å². The molecule has 1 unspecified atom stereocenters. The Morgan fingerprint density at radius 1 is 1.35 bits per heavy atom. The molecule has 0 aliphatic rings. The Morgan fingerprint density at radius 3 is 2.80 bits per heavy atom. The van der Waals surface area contributed by atoms with Crippen LogP contribution in [0.1, 0.15) is 57.1 Å². The number of nitrogens with one attached hydrogen (secondary N) is 1. The molecule has 0 saturated heterocycles. The Hall–Kier alpha value is -0.670. The second kappa shape index (κ2) is 10.1. The monoisotopic (exact) mass is 341 g/mol. The quantitative estimate of drug-likeness (QED) is 0.421. The third-order valence-corrected chi connectivity index (χ3v) is 4.08. The molecule has 1 aromatic rings. The zero-order valence-corrected chi connectivity index (χ0v) is 13.9. The van der Waals surface area contributed by atoms with Crippen LogP contribution in [0, 0.1) is 5.82 Å². The summed E-state index contributed by atoms with van der Waals surface area (Å²) >= 11 is 3.48. The average molecular weight is 342 g/mol. The first-order valence-corrected chi connectivity index (χ1v) is 8.28. The van der Waals surface area contributed by atoms with Crippen LogP contribution in [0.3, 0.4) is 0 Å². The van der Waals surface area contributed by atoms with Gasteiger partial charge in [0.1, 0.15) is 5.82 Å². The van der Waals surface area contributed by atoms with Gasteiger partial charge in [0.25, 0.3) is 0 Å². The maximum atomic E-state index is 14.1. The van der Waals surface area contributed by atoms with Gasteiger partial charge >= 0.3 is 0 Å². The fraction of sp³-hybridized carbons (Fsp3) is 0.529. The predicted octanol–water partition coefficient (Wildman–Crippen LogP) is 5.77. The Bertz CT molecular complexity index is 386. The first kappa shape index (κ1) is 17.4. The van der Waals surface area contributed by atoms with E-state index >= 15 is 0 Å². The molecule has 1 aromatic carbocycles. The molecule has 1 atom stereocenters. The summed E-state index contributed by atoms with van der Waals surface area (Å²) < 4.78 is 14.9. The summed E-state index contributed by atoms with van der Waals surface area (Å²) in [5.74, 6) is -0.126. The van der Waals surface area contributed by atoms with E-state index in [2.05, 4.69) is 34.7 Å². The number of unbranched alkanes of at least 4 members (excludes halogenated alkanes) is 3. The van der Waals surface area contributed by atoms with Crippen LogP contribution in [0.25, 0.3) is 0 Å². The molecule has 1 nitrogen and oxygen atoms in total. The predicted molar refractivity (Wildman–Crippen MR) is 88.4 cm³/mol. The second-order valence-corrected chi connectivity index (χ2v) is 5.92. The van der Waals surface area contributed by atoms with Crippen LogP contribution in [0.2, 0.25) is 0 Å². The number of benzene rings is 1. The first-order valence-electron chi connectivity index (χ1n) is 7.48. The Labute approximate surface area is 130 Å². The molecule has 3 heteroatoms. The molecule has 0 saturated carbocycles. The van der Waals surface area contributed by atoms with E-state index in [0.29, 0.717) is 0 Å². The van der Waals surface area contributed by atoms with Gasteiger partial charge in [-0.3, -0.25) is 0 Å². The number of hydrogen-bond acceptors (Lipinski definition) is 1. The van der Waals surface area contributed by atoms with Crippen molar-refractivity contribution in [3.8, 4) is 0 Å². The van der Waals surface area contributed by atoms with E-state index in [1.807, 2.05) is 12.1 Å².